The Hall–Kier alpha value is -2.04. The number of nitrogens with zero attached hydrogens (tertiary/aromatic N) is 3. The quantitative estimate of drug-likeness (QED) is 0.914. The van der Waals surface area contributed by atoms with Crippen LogP contribution in [-0.4, -0.2) is 32.6 Å². The maximum atomic E-state index is 12.5. The minimum atomic E-state index is 0.0677. The van der Waals surface area contributed by atoms with E-state index in [4.69, 9.17) is 0 Å². The summed E-state index contributed by atoms with van der Waals surface area (Å²) in [7, 11) is 1.83. The van der Waals surface area contributed by atoms with Crippen LogP contribution in [0.25, 0.3) is 0 Å². The molecule has 0 radical (unpaired) electrons. The zero-order chi connectivity index (χ0) is 13.2. The smallest absolute Gasteiger partial charge is 0.270 e. The lowest BCUT2D eigenvalue weighted by Gasteiger charge is -2.29. The topological polar surface area (TPSA) is 53.9 Å². The van der Waals surface area contributed by atoms with Crippen molar-refractivity contribution in [1.82, 2.24) is 19.7 Å². The van der Waals surface area contributed by atoms with E-state index >= 15 is 0 Å². The number of aromatic amines is 1. The van der Waals surface area contributed by atoms with Gasteiger partial charge < -0.3 is 9.47 Å². The number of H-pyrrole nitrogens is 1. The highest BCUT2D eigenvalue weighted by atomic mass is 16.2. The van der Waals surface area contributed by atoms with Crippen LogP contribution in [0.15, 0.2) is 30.7 Å². The fraction of sp³-hybridized carbons (Fsp3) is 0.429. The monoisotopic (exact) mass is 258 g/mol. The predicted octanol–water partition coefficient (Wildman–Crippen LogP) is 2.21. The van der Waals surface area contributed by atoms with Crippen LogP contribution in [0.3, 0.4) is 0 Å². The third-order valence-corrected chi connectivity index (χ3v) is 3.79. The lowest BCUT2D eigenvalue weighted by Crippen LogP contribution is -2.30. The Bertz CT molecular complexity index is 554. The molecule has 0 aromatic carbocycles. The van der Waals surface area contributed by atoms with Gasteiger partial charge in [-0.3, -0.25) is 9.89 Å². The maximum absolute atomic E-state index is 12.5. The Morgan fingerprint density at radius 1 is 1.58 bits per heavy atom. The molecule has 1 saturated carbocycles. The summed E-state index contributed by atoms with van der Waals surface area (Å²) in [4.78, 5) is 14.2. The summed E-state index contributed by atoms with van der Waals surface area (Å²) in [5, 5.41) is 6.66. The fourth-order valence-corrected chi connectivity index (χ4v) is 2.46. The van der Waals surface area contributed by atoms with Gasteiger partial charge in [0.15, 0.2) is 0 Å². The van der Waals surface area contributed by atoms with Gasteiger partial charge in [0.25, 0.3) is 5.91 Å². The number of carbonyl (C=O) groups excluding carboxylic acids is 1. The van der Waals surface area contributed by atoms with Crippen molar-refractivity contribution in [2.75, 3.05) is 7.05 Å². The van der Waals surface area contributed by atoms with Crippen LogP contribution in [0.1, 0.15) is 41.4 Å². The summed E-state index contributed by atoms with van der Waals surface area (Å²) < 4.78 is 2.12. The second-order valence-corrected chi connectivity index (χ2v) is 5.15. The van der Waals surface area contributed by atoms with Crippen molar-refractivity contribution in [3.63, 3.8) is 0 Å². The van der Waals surface area contributed by atoms with Crippen molar-refractivity contribution < 1.29 is 4.79 Å². The molecule has 19 heavy (non-hydrogen) atoms. The number of amides is 1. The first kappa shape index (κ1) is 12.0. The highest BCUT2D eigenvalue weighted by molar-refractivity contribution is 5.92. The van der Waals surface area contributed by atoms with Crippen LogP contribution >= 0.6 is 0 Å². The molecule has 2 aromatic heterocycles. The molecule has 0 aliphatic heterocycles. The molecule has 5 heteroatoms. The van der Waals surface area contributed by atoms with E-state index in [1.54, 1.807) is 11.1 Å². The summed E-state index contributed by atoms with van der Waals surface area (Å²) in [6.07, 6.45) is 9.20. The molecule has 2 heterocycles. The van der Waals surface area contributed by atoms with Crippen LogP contribution in [0.4, 0.5) is 0 Å². The first-order valence-electron chi connectivity index (χ1n) is 6.65. The van der Waals surface area contributed by atoms with Crippen LogP contribution in [-0.2, 0) is 6.54 Å². The van der Waals surface area contributed by atoms with E-state index in [0.717, 1.165) is 11.3 Å². The third kappa shape index (κ3) is 2.28. The zero-order valence-electron chi connectivity index (χ0n) is 11.0. The van der Waals surface area contributed by atoms with E-state index in [0.29, 0.717) is 12.6 Å². The normalized spacial score (nSPS) is 15.2. The van der Waals surface area contributed by atoms with Gasteiger partial charge in [0.05, 0.1) is 6.20 Å². The van der Waals surface area contributed by atoms with Crippen molar-refractivity contribution in [3.8, 4) is 0 Å². The molecule has 100 valence electrons. The summed E-state index contributed by atoms with van der Waals surface area (Å²) in [5.41, 5.74) is 1.80. The minimum absolute atomic E-state index is 0.0677. The molecule has 0 saturated heterocycles. The average molecular weight is 258 g/mol. The SMILES string of the molecule is CN(Cc1cn[nH]c1)C(=O)c1cccn1C1CCC1. The Morgan fingerprint density at radius 2 is 2.42 bits per heavy atom. The Balaban J connectivity index is 1.74. The first-order chi connectivity index (χ1) is 9.25. The van der Waals surface area contributed by atoms with Crippen LogP contribution < -0.4 is 0 Å². The Kier molecular flexibility index (Phi) is 3.11. The molecule has 0 bridgehead atoms. The molecule has 1 aliphatic carbocycles. The van der Waals surface area contributed by atoms with Crippen molar-refractivity contribution in [2.45, 2.75) is 31.8 Å². The maximum Gasteiger partial charge on any atom is 0.270 e. The highest BCUT2D eigenvalue weighted by Crippen LogP contribution is 2.32. The van der Waals surface area contributed by atoms with E-state index in [1.165, 1.54) is 19.3 Å². The van der Waals surface area contributed by atoms with Gasteiger partial charge in [-0.2, -0.15) is 5.10 Å². The van der Waals surface area contributed by atoms with Gasteiger partial charge in [-0.15, -0.1) is 0 Å². The number of hydrogen-bond acceptors (Lipinski definition) is 2. The largest absolute Gasteiger partial charge is 0.340 e. The molecule has 5 nitrogen and oxygen atoms in total. The molecule has 2 aromatic rings. The molecule has 1 amide bonds. The molecule has 1 fully saturated rings. The molecule has 3 rings (SSSR count). The number of carbonyl (C=O) groups is 1. The molecule has 0 unspecified atom stereocenters. The van der Waals surface area contributed by atoms with Crippen molar-refractivity contribution >= 4 is 5.91 Å². The lowest BCUT2D eigenvalue weighted by atomic mass is 9.93. The van der Waals surface area contributed by atoms with Crippen LogP contribution in [0, 0.1) is 0 Å². The van der Waals surface area contributed by atoms with E-state index < -0.39 is 0 Å². The molecule has 0 atom stereocenters. The predicted molar refractivity (Wildman–Crippen MR) is 71.7 cm³/mol. The third-order valence-electron chi connectivity index (χ3n) is 3.79. The van der Waals surface area contributed by atoms with Gasteiger partial charge in [0, 0.05) is 37.6 Å². The Morgan fingerprint density at radius 3 is 3.05 bits per heavy atom. The van der Waals surface area contributed by atoms with E-state index in [1.807, 2.05) is 31.6 Å². The van der Waals surface area contributed by atoms with Gasteiger partial charge in [-0.25, -0.2) is 0 Å². The van der Waals surface area contributed by atoms with E-state index in [9.17, 15) is 4.79 Å². The second-order valence-electron chi connectivity index (χ2n) is 5.15. The molecular formula is C14H18N4O. The molecule has 0 spiro atoms. The minimum Gasteiger partial charge on any atom is -0.340 e. The van der Waals surface area contributed by atoms with Gasteiger partial charge >= 0.3 is 0 Å². The number of nitrogens with one attached hydrogen (secondary N) is 1. The zero-order valence-corrected chi connectivity index (χ0v) is 11.0. The number of rotatable bonds is 4. The van der Waals surface area contributed by atoms with Crippen molar-refractivity contribution in [2.24, 2.45) is 0 Å². The molecular weight excluding hydrogens is 240 g/mol. The van der Waals surface area contributed by atoms with E-state index in [-0.39, 0.29) is 5.91 Å². The van der Waals surface area contributed by atoms with Gasteiger partial charge in [-0.1, -0.05) is 0 Å². The highest BCUT2D eigenvalue weighted by Gasteiger charge is 2.24. The summed E-state index contributed by atoms with van der Waals surface area (Å²) in [6.45, 7) is 0.575. The van der Waals surface area contributed by atoms with Crippen LogP contribution in [0.2, 0.25) is 0 Å². The Labute approximate surface area is 112 Å². The van der Waals surface area contributed by atoms with Crippen molar-refractivity contribution in [3.05, 3.63) is 42.0 Å². The van der Waals surface area contributed by atoms with Gasteiger partial charge in [0.2, 0.25) is 0 Å². The lowest BCUT2D eigenvalue weighted by molar-refractivity contribution is 0.0768. The van der Waals surface area contributed by atoms with Crippen molar-refractivity contribution in [1.29, 1.82) is 0 Å². The standard InChI is InChI=1S/C14H18N4O/c1-17(10-11-8-15-16-9-11)14(19)13-6-3-7-18(13)12-4-2-5-12/h3,6-9,12H,2,4-5,10H2,1H3,(H,15,16). The second kappa shape index (κ2) is 4.91. The number of hydrogen-bond donors (Lipinski definition) is 1. The molecule has 1 aliphatic rings. The summed E-state index contributed by atoms with van der Waals surface area (Å²) in [6, 6.07) is 4.38. The van der Waals surface area contributed by atoms with Gasteiger partial charge in [-0.05, 0) is 31.4 Å². The molecule has 1 N–H and O–H groups in total. The fourth-order valence-electron chi connectivity index (χ4n) is 2.46. The number of aromatic nitrogens is 3. The summed E-state index contributed by atoms with van der Waals surface area (Å²) >= 11 is 0. The van der Waals surface area contributed by atoms with Gasteiger partial charge in [0.1, 0.15) is 5.69 Å². The average Bonchev–Trinajstić information content (AvgIpc) is 2.97. The first-order valence-corrected chi connectivity index (χ1v) is 6.65. The van der Waals surface area contributed by atoms with Crippen LogP contribution in [0.5, 0.6) is 0 Å². The summed E-state index contributed by atoms with van der Waals surface area (Å²) in [5.74, 6) is 0.0677. The van der Waals surface area contributed by atoms with E-state index in [2.05, 4.69) is 14.8 Å².